The van der Waals surface area contributed by atoms with E-state index < -0.39 is 5.60 Å². The van der Waals surface area contributed by atoms with Gasteiger partial charge in [0, 0.05) is 38.6 Å². The molecule has 1 atom stereocenters. The Bertz CT molecular complexity index is 692. The van der Waals surface area contributed by atoms with E-state index in [9.17, 15) is 5.11 Å². The van der Waals surface area contributed by atoms with Crippen LogP contribution in [-0.4, -0.2) is 48.3 Å². The Morgan fingerprint density at radius 2 is 1.62 bits per heavy atom. The van der Waals surface area contributed by atoms with Gasteiger partial charge in [-0.05, 0) is 29.2 Å². The Labute approximate surface area is 169 Å². The molecule has 1 aliphatic heterocycles. The molecule has 1 aliphatic carbocycles. The van der Waals surface area contributed by atoms with Crippen LogP contribution in [0.25, 0.3) is 10.8 Å². The van der Waals surface area contributed by atoms with Crippen LogP contribution in [0.1, 0.15) is 37.2 Å². The highest BCUT2D eigenvalue weighted by Gasteiger charge is 2.41. The fraction of sp³-hybridized carbons (Fsp3) is 0.524. The fourth-order valence-electron chi connectivity index (χ4n) is 4.60. The van der Waals surface area contributed by atoms with Gasteiger partial charge in [-0.25, -0.2) is 0 Å². The summed E-state index contributed by atoms with van der Waals surface area (Å²) in [5.74, 6) is 0.198. The van der Waals surface area contributed by atoms with Gasteiger partial charge in [0.25, 0.3) is 0 Å². The Morgan fingerprint density at radius 3 is 2.35 bits per heavy atom. The van der Waals surface area contributed by atoms with Crippen molar-refractivity contribution < 1.29 is 5.11 Å². The lowest BCUT2D eigenvalue weighted by atomic mass is 9.78. The van der Waals surface area contributed by atoms with Crippen molar-refractivity contribution >= 4 is 35.6 Å². The van der Waals surface area contributed by atoms with Crippen molar-refractivity contribution in [1.82, 2.24) is 10.2 Å². The minimum absolute atomic E-state index is 0. The molecule has 3 nitrogen and oxygen atoms in total. The van der Waals surface area contributed by atoms with Gasteiger partial charge >= 0.3 is 0 Å². The molecule has 1 heterocycles. The second kappa shape index (κ2) is 9.38. The van der Waals surface area contributed by atoms with Gasteiger partial charge in [0.15, 0.2) is 0 Å². The predicted molar refractivity (Wildman–Crippen MR) is 114 cm³/mol. The first-order chi connectivity index (χ1) is 11.8. The van der Waals surface area contributed by atoms with E-state index in [0.29, 0.717) is 0 Å². The highest BCUT2D eigenvalue weighted by Crippen LogP contribution is 2.43. The highest BCUT2D eigenvalue weighted by molar-refractivity contribution is 5.86. The normalized spacial score (nSPS) is 21.0. The molecule has 0 aromatic heterocycles. The second-order valence-corrected chi connectivity index (χ2v) is 7.48. The van der Waals surface area contributed by atoms with E-state index in [1.54, 1.807) is 0 Å². The molecule has 2 aromatic carbocycles. The van der Waals surface area contributed by atoms with Gasteiger partial charge in [-0.15, -0.1) is 24.8 Å². The quantitative estimate of drug-likeness (QED) is 0.820. The van der Waals surface area contributed by atoms with Gasteiger partial charge in [0.05, 0.1) is 5.60 Å². The first-order valence-corrected chi connectivity index (χ1v) is 9.39. The molecule has 2 N–H and O–H groups in total. The molecule has 2 aromatic rings. The zero-order valence-electron chi connectivity index (χ0n) is 15.2. The molecule has 1 unspecified atom stereocenters. The summed E-state index contributed by atoms with van der Waals surface area (Å²) in [7, 11) is 0. The molecular weight excluding hydrogens is 367 g/mol. The van der Waals surface area contributed by atoms with Crippen molar-refractivity contribution in [3.63, 3.8) is 0 Å². The van der Waals surface area contributed by atoms with Crippen LogP contribution in [0, 0.1) is 0 Å². The summed E-state index contributed by atoms with van der Waals surface area (Å²) in [6.07, 6.45) is 4.18. The minimum Gasteiger partial charge on any atom is -0.389 e. The van der Waals surface area contributed by atoms with E-state index in [2.05, 4.69) is 52.7 Å². The summed E-state index contributed by atoms with van der Waals surface area (Å²) in [6, 6.07) is 15.2. The first-order valence-electron chi connectivity index (χ1n) is 9.39. The van der Waals surface area contributed by atoms with Crippen LogP contribution in [0.15, 0.2) is 42.5 Å². The Hall–Kier alpha value is -0.840. The van der Waals surface area contributed by atoms with Crippen molar-refractivity contribution in [3.05, 3.63) is 48.0 Å². The number of fused-ring (bicyclic) bond motifs is 1. The zero-order valence-corrected chi connectivity index (χ0v) is 16.8. The first kappa shape index (κ1) is 21.5. The molecule has 1 saturated heterocycles. The largest absolute Gasteiger partial charge is 0.389 e. The van der Waals surface area contributed by atoms with Gasteiger partial charge in [0.2, 0.25) is 0 Å². The van der Waals surface area contributed by atoms with Crippen LogP contribution in [-0.2, 0) is 0 Å². The zero-order chi connectivity index (χ0) is 16.4. The van der Waals surface area contributed by atoms with Crippen molar-refractivity contribution in [2.45, 2.75) is 37.2 Å². The van der Waals surface area contributed by atoms with E-state index in [1.165, 1.54) is 16.3 Å². The number of nitrogens with zero attached hydrogens (tertiary/aromatic N) is 1. The summed E-state index contributed by atoms with van der Waals surface area (Å²) >= 11 is 0. The summed E-state index contributed by atoms with van der Waals surface area (Å²) in [5.41, 5.74) is 0.783. The molecule has 5 heteroatoms. The monoisotopic (exact) mass is 396 g/mol. The van der Waals surface area contributed by atoms with Crippen molar-refractivity contribution in [3.8, 4) is 0 Å². The van der Waals surface area contributed by atoms with Gasteiger partial charge in [-0.2, -0.15) is 0 Å². The van der Waals surface area contributed by atoms with Gasteiger partial charge < -0.3 is 15.3 Å². The van der Waals surface area contributed by atoms with E-state index >= 15 is 0 Å². The van der Waals surface area contributed by atoms with E-state index in [0.717, 1.165) is 58.4 Å². The van der Waals surface area contributed by atoms with Crippen molar-refractivity contribution in [1.29, 1.82) is 0 Å². The van der Waals surface area contributed by atoms with E-state index in [-0.39, 0.29) is 30.7 Å². The molecule has 0 amide bonds. The smallest absolute Gasteiger partial charge is 0.0728 e. The molecule has 2 fully saturated rings. The summed E-state index contributed by atoms with van der Waals surface area (Å²) in [6.45, 7) is 5.24. The number of nitrogens with one attached hydrogen (secondary N) is 1. The lowest BCUT2D eigenvalue weighted by Crippen LogP contribution is -2.48. The van der Waals surface area contributed by atoms with Crippen LogP contribution in [0.2, 0.25) is 0 Å². The van der Waals surface area contributed by atoms with Gasteiger partial charge in [0.1, 0.15) is 0 Å². The number of halogens is 2. The average Bonchev–Trinajstić information content (AvgIpc) is 3.08. The van der Waals surface area contributed by atoms with E-state index in [1.807, 2.05) is 0 Å². The maximum atomic E-state index is 11.5. The number of hydrogen-bond acceptors (Lipinski definition) is 3. The van der Waals surface area contributed by atoms with Crippen LogP contribution >= 0.6 is 24.8 Å². The molecule has 26 heavy (non-hydrogen) atoms. The van der Waals surface area contributed by atoms with Gasteiger partial charge in [-0.1, -0.05) is 55.3 Å². The molecule has 4 rings (SSSR count). The maximum absolute atomic E-state index is 11.5. The number of piperazine rings is 1. The third kappa shape index (κ3) is 4.35. The topological polar surface area (TPSA) is 35.5 Å². The Kier molecular flexibility index (Phi) is 7.75. The Morgan fingerprint density at radius 1 is 0.962 bits per heavy atom. The van der Waals surface area contributed by atoms with Crippen LogP contribution in [0.4, 0.5) is 0 Å². The third-order valence-electron chi connectivity index (χ3n) is 5.97. The predicted octanol–water partition coefficient (Wildman–Crippen LogP) is 3.98. The number of hydrogen-bond donors (Lipinski definition) is 2. The molecule has 0 radical (unpaired) electrons. The van der Waals surface area contributed by atoms with Crippen molar-refractivity contribution in [2.24, 2.45) is 0 Å². The van der Waals surface area contributed by atoms with Crippen molar-refractivity contribution in [2.75, 3.05) is 32.7 Å². The standard InChI is InChI=1S/C21H28N2O.2ClH/c24-21(10-3-4-11-21)20(16-23-14-12-22-13-15-23)19-9-5-7-17-6-1-2-8-18(17)19;;/h1-2,5-9,20,22,24H,3-4,10-16H2;2*1H. The lowest BCUT2D eigenvalue weighted by molar-refractivity contribution is 0.00542. The molecule has 2 aliphatic rings. The van der Waals surface area contributed by atoms with Crippen LogP contribution in [0.3, 0.4) is 0 Å². The number of aliphatic hydroxyl groups is 1. The van der Waals surface area contributed by atoms with Crippen LogP contribution in [0.5, 0.6) is 0 Å². The van der Waals surface area contributed by atoms with Gasteiger partial charge in [-0.3, -0.25) is 0 Å². The third-order valence-corrected chi connectivity index (χ3v) is 5.97. The maximum Gasteiger partial charge on any atom is 0.0728 e. The fourth-order valence-corrected chi connectivity index (χ4v) is 4.60. The minimum atomic E-state index is -0.547. The summed E-state index contributed by atoms with van der Waals surface area (Å²) in [5, 5.41) is 17.5. The molecule has 1 saturated carbocycles. The number of rotatable bonds is 4. The highest BCUT2D eigenvalue weighted by atomic mass is 35.5. The average molecular weight is 397 g/mol. The summed E-state index contributed by atoms with van der Waals surface area (Å²) in [4.78, 5) is 2.53. The summed E-state index contributed by atoms with van der Waals surface area (Å²) < 4.78 is 0. The Balaban J connectivity index is 0.00000121. The number of benzene rings is 2. The van der Waals surface area contributed by atoms with Crippen LogP contribution < -0.4 is 5.32 Å². The molecule has 144 valence electrons. The second-order valence-electron chi connectivity index (χ2n) is 7.48. The SMILES string of the molecule is Cl.Cl.OC1(C(CN2CCNCC2)c2cccc3ccccc23)CCCC1. The molecule has 0 spiro atoms. The van der Waals surface area contributed by atoms with E-state index in [4.69, 9.17) is 0 Å². The molecule has 0 bridgehead atoms. The lowest BCUT2D eigenvalue weighted by Gasteiger charge is -2.39. The molecular formula is C21H30Cl2N2O.